The molecule has 0 saturated heterocycles. The molecule has 0 aliphatic heterocycles. The number of aliphatic hydroxyl groups is 1. The number of rotatable bonds is 0. The maximum absolute atomic E-state index is 10.5. The first kappa shape index (κ1) is 14.3. The van der Waals surface area contributed by atoms with Gasteiger partial charge in [0, 0.05) is 0 Å². The number of hydrogen-bond donors (Lipinski definition) is 1. The summed E-state index contributed by atoms with van der Waals surface area (Å²) < 4.78 is 0. The third-order valence-corrected chi connectivity index (χ3v) is 8.45. The summed E-state index contributed by atoms with van der Waals surface area (Å²) in [5.41, 5.74) is 1.52. The molecule has 2 bridgehead atoms. The van der Waals surface area contributed by atoms with Crippen LogP contribution in [0.2, 0.25) is 0 Å². The van der Waals surface area contributed by atoms with Gasteiger partial charge in [-0.2, -0.15) is 0 Å². The van der Waals surface area contributed by atoms with Crippen molar-refractivity contribution in [3.8, 4) is 0 Å². The second kappa shape index (κ2) is 3.96. The molecule has 4 rings (SSSR count). The minimum atomic E-state index is -0.0994. The Hall–Kier alpha value is -0.300. The molecule has 118 valence electrons. The Morgan fingerprint density at radius 2 is 1.57 bits per heavy atom. The van der Waals surface area contributed by atoms with Gasteiger partial charge in [0.15, 0.2) is 0 Å². The maximum atomic E-state index is 10.5. The van der Waals surface area contributed by atoms with Gasteiger partial charge >= 0.3 is 0 Å². The molecule has 3 saturated carbocycles. The predicted octanol–water partition coefficient (Wildman–Crippen LogP) is 4.95. The Kier molecular flexibility index (Phi) is 2.70. The molecule has 6 atom stereocenters. The van der Waals surface area contributed by atoms with Gasteiger partial charge in [-0.05, 0) is 78.4 Å². The van der Waals surface area contributed by atoms with E-state index in [0.29, 0.717) is 22.2 Å². The van der Waals surface area contributed by atoms with Gasteiger partial charge in [0.1, 0.15) is 0 Å². The summed E-state index contributed by atoms with van der Waals surface area (Å²) in [4.78, 5) is 0. The highest BCUT2D eigenvalue weighted by molar-refractivity contribution is 5.25. The lowest BCUT2D eigenvalue weighted by molar-refractivity contribution is -0.176. The van der Waals surface area contributed by atoms with Crippen LogP contribution in [0.15, 0.2) is 12.2 Å². The molecule has 0 radical (unpaired) electrons. The normalized spacial score (nSPS) is 57.7. The van der Waals surface area contributed by atoms with Crippen molar-refractivity contribution in [3.05, 3.63) is 12.2 Å². The van der Waals surface area contributed by atoms with E-state index in [4.69, 9.17) is 0 Å². The van der Waals surface area contributed by atoms with E-state index in [1.54, 1.807) is 0 Å². The van der Waals surface area contributed by atoms with E-state index in [-0.39, 0.29) is 11.5 Å². The van der Waals surface area contributed by atoms with Crippen LogP contribution < -0.4 is 0 Å². The molecule has 0 amide bonds. The molecule has 4 aliphatic carbocycles. The van der Waals surface area contributed by atoms with Gasteiger partial charge in [-0.1, -0.05) is 39.8 Å². The highest BCUT2D eigenvalue weighted by atomic mass is 16.3. The standard InChI is InChI=1S/C20H32O/c1-17(2)14-6-10-20-12-11-18(3,13-20)8-5-15(20)19(14,4)9-7-16(17)21/h11-12,14-16,21H,5-10,13H2,1-4H3/t14-,15+,16+,18-,19-,20+/m1/s1. The summed E-state index contributed by atoms with van der Waals surface area (Å²) in [6, 6.07) is 0. The van der Waals surface area contributed by atoms with Gasteiger partial charge in [-0.15, -0.1) is 0 Å². The van der Waals surface area contributed by atoms with E-state index in [2.05, 4.69) is 39.8 Å². The molecule has 0 unspecified atom stereocenters. The van der Waals surface area contributed by atoms with E-state index in [9.17, 15) is 5.11 Å². The summed E-state index contributed by atoms with van der Waals surface area (Å²) in [7, 11) is 0. The van der Waals surface area contributed by atoms with Crippen molar-refractivity contribution in [2.45, 2.75) is 78.7 Å². The molecule has 1 N–H and O–H groups in total. The third kappa shape index (κ3) is 1.68. The highest BCUT2D eigenvalue weighted by Crippen LogP contribution is 2.71. The lowest BCUT2D eigenvalue weighted by Gasteiger charge is -2.65. The zero-order chi connectivity index (χ0) is 15.1. The molecular formula is C20H32O. The van der Waals surface area contributed by atoms with Gasteiger partial charge in [0.2, 0.25) is 0 Å². The van der Waals surface area contributed by atoms with E-state index in [0.717, 1.165) is 12.3 Å². The van der Waals surface area contributed by atoms with Crippen molar-refractivity contribution in [1.29, 1.82) is 0 Å². The number of allylic oxidation sites excluding steroid dienone is 2. The molecule has 1 heteroatoms. The predicted molar refractivity (Wildman–Crippen MR) is 86.9 cm³/mol. The topological polar surface area (TPSA) is 20.2 Å². The molecule has 4 aliphatic rings. The van der Waals surface area contributed by atoms with Crippen LogP contribution >= 0.6 is 0 Å². The number of hydrogen-bond acceptors (Lipinski definition) is 1. The molecule has 0 aromatic carbocycles. The molecule has 0 aromatic heterocycles. The zero-order valence-corrected chi connectivity index (χ0v) is 14.3. The summed E-state index contributed by atoms with van der Waals surface area (Å²) in [6.07, 6.45) is 14.2. The van der Waals surface area contributed by atoms with Crippen LogP contribution in [-0.4, -0.2) is 11.2 Å². The van der Waals surface area contributed by atoms with Gasteiger partial charge < -0.3 is 5.11 Å². The Bertz CT molecular complexity index is 492. The monoisotopic (exact) mass is 288 g/mol. The second-order valence-corrected chi connectivity index (χ2v) is 9.96. The van der Waals surface area contributed by atoms with Crippen LogP contribution in [0.5, 0.6) is 0 Å². The van der Waals surface area contributed by atoms with Crippen molar-refractivity contribution in [1.82, 2.24) is 0 Å². The van der Waals surface area contributed by atoms with Crippen LogP contribution in [0.25, 0.3) is 0 Å². The molecular weight excluding hydrogens is 256 g/mol. The SMILES string of the molecule is CC1(C)[C@H]2CC[C@@]34C=C[C@@](C)(CC[C@H]3[C@]2(C)CC[C@@H]1O)C4. The van der Waals surface area contributed by atoms with Gasteiger partial charge in [0.05, 0.1) is 6.10 Å². The molecule has 0 heterocycles. The van der Waals surface area contributed by atoms with Crippen LogP contribution in [0.3, 0.4) is 0 Å². The molecule has 1 spiro atoms. The Morgan fingerprint density at radius 1 is 0.857 bits per heavy atom. The quantitative estimate of drug-likeness (QED) is 0.626. The van der Waals surface area contributed by atoms with Crippen LogP contribution in [0, 0.1) is 33.5 Å². The van der Waals surface area contributed by atoms with E-state index >= 15 is 0 Å². The first-order valence-electron chi connectivity index (χ1n) is 9.10. The first-order chi connectivity index (χ1) is 9.72. The fourth-order valence-corrected chi connectivity index (χ4v) is 7.35. The second-order valence-electron chi connectivity index (χ2n) is 9.96. The average molecular weight is 288 g/mol. The summed E-state index contributed by atoms with van der Waals surface area (Å²) in [5, 5.41) is 10.5. The molecule has 1 nitrogen and oxygen atoms in total. The van der Waals surface area contributed by atoms with E-state index in [1.807, 2.05) is 0 Å². The van der Waals surface area contributed by atoms with E-state index < -0.39 is 0 Å². The van der Waals surface area contributed by atoms with Crippen molar-refractivity contribution in [2.24, 2.45) is 33.5 Å². The summed E-state index contributed by atoms with van der Waals surface area (Å²) in [6.45, 7) is 9.70. The molecule has 21 heavy (non-hydrogen) atoms. The van der Waals surface area contributed by atoms with Crippen LogP contribution in [-0.2, 0) is 0 Å². The number of aliphatic hydroxyl groups excluding tert-OH is 1. The van der Waals surface area contributed by atoms with Gasteiger partial charge in [0.25, 0.3) is 0 Å². The van der Waals surface area contributed by atoms with Crippen molar-refractivity contribution in [3.63, 3.8) is 0 Å². The molecule has 3 fully saturated rings. The summed E-state index contributed by atoms with van der Waals surface area (Å²) >= 11 is 0. The van der Waals surface area contributed by atoms with Crippen LogP contribution in [0.4, 0.5) is 0 Å². The van der Waals surface area contributed by atoms with Crippen molar-refractivity contribution in [2.75, 3.05) is 0 Å². The fraction of sp³-hybridized carbons (Fsp3) is 0.900. The Labute approximate surface area is 130 Å². The zero-order valence-electron chi connectivity index (χ0n) is 14.3. The fourth-order valence-electron chi connectivity index (χ4n) is 7.35. The lowest BCUT2D eigenvalue weighted by atomic mass is 9.40. The molecule has 0 aromatic rings. The minimum Gasteiger partial charge on any atom is -0.393 e. The van der Waals surface area contributed by atoms with Crippen molar-refractivity contribution >= 4 is 0 Å². The van der Waals surface area contributed by atoms with Crippen LogP contribution in [0.1, 0.15) is 72.6 Å². The average Bonchev–Trinajstić information content (AvgIpc) is 2.65. The Balaban J connectivity index is 1.74. The Morgan fingerprint density at radius 3 is 2.33 bits per heavy atom. The van der Waals surface area contributed by atoms with E-state index in [1.165, 1.54) is 38.5 Å². The van der Waals surface area contributed by atoms with Crippen molar-refractivity contribution < 1.29 is 5.11 Å². The minimum absolute atomic E-state index is 0.0949. The van der Waals surface area contributed by atoms with Gasteiger partial charge in [-0.25, -0.2) is 0 Å². The largest absolute Gasteiger partial charge is 0.393 e. The first-order valence-corrected chi connectivity index (χ1v) is 9.10. The van der Waals surface area contributed by atoms with Gasteiger partial charge in [-0.3, -0.25) is 0 Å². The number of fused-ring (bicyclic) bond motifs is 3. The highest BCUT2D eigenvalue weighted by Gasteiger charge is 2.64. The maximum Gasteiger partial charge on any atom is 0.0594 e. The third-order valence-electron chi connectivity index (χ3n) is 8.45. The lowest BCUT2D eigenvalue weighted by Crippen LogP contribution is -2.59. The smallest absolute Gasteiger partial charge is 0.0594 e. The summed E-state index contributed by atoms with van der Waals surface area (Å²) in [5.74, 6) is 1.55.